The van der Waals surface area contributed by atoms with Crippen LogP contribution in [-0.4, -0.2) is 29.9 Å². The maximum Gasteiger partial charge on any atom is 0.161 e. The van der Waals surface area contributed by atoms with Crippen LogP contribution in [-0.2, 0) is 0 Å². The summed E-state index contributed by atoms with van der Waals surface area (Å²) in [5, 5.41) is 19.2. The third kappa shape index (κ3) is 13.5. The molecule has 9 heteroatoms. The van der Waals surface area contributed by atoms with Crippen molar-refractivity contribution in [2.24, 2.45) is 0 Å². The van der Waals surface area contributed by atoms with E-state index in [1.165, 1.54) is 32.8 Å². The lowest BCUT2D eigenvalue weighted by Crippen LogP contribution is -1.96. The number of aromatic nitrogens is 6. The molecule has 0 aliphatic carbocycles. The molecule has 9 nitrogen and oxygen atoms in total. The summed E-state index contributed by atoms with van der Waals surface area (Å²) in [6, 6.07) is 152. The topological polar surface area (TPSA) is 117 Å². The minimum Gasteiger partial charge on any atom is -0.456 e. The molecule has 0 bridgehead atoms. The van der Waals surface area contributed by atoms with Gasteiger partial charge >= 0.3 is 0 Å². The van der Waals surface area contributed by atoms with Crippen molar-refractivity contribution in [1.29, 1.82) is 0 Å². The third-order valence-corrected chi connectivity index (χ3v) is 24.6. The van der Waals surface area contributed by atoms with Crippen LogP contribution in [0.25, 0.3) is 254 Å². The van der Waals surface area contributed by atoms with Crippen LogP contribution in [0.3, 0.4) is 0 Å². The second-order valence-corrected chi connectivity index (χ2v) is 32.2. The Morgan fingerprint density at radius 1 is 0.134 bits per heavy atom. The van der Waals surface area contributed by atoms with E-state index in [1.807, 2.05) is 91.0 Å². The number of fused-ring (bicyclic) bond motifs is 16. The van der Waals surface area contributed by atoms with Crippen molar-refractivity contribution in [3.63, 3.8) is 0 Å². The van der Waals surface area contributed by atoms with Crippen molar-refractivity contribution in [2.75, 3.05) is 0 Å². The number of hydrogen-bond acceptors (Lipinski definition) is 9. The minimum atomic E-state index is 0.708. The lowest BCUT2D eigenvalue weighted by Gasteiger charge is -2.14. The SMILES string of the molecule is c1ccc(-c2cccc(-c3nc(-c4cccc(-c5cccc6cc7oc8ccccc8c7cc56)c4)nc4ccccc34)c2)cc1.c1ccc(-c2nc(-c3cc(-c4cccc5cc6oc7ccccc7c6cc45)cc4ccccc34)nc3ccccc23)cc1.c1ccc(-c2nc(-c3cccc(-c4cccc5cc6oc7ccccc7c6cc45)c3)nc3ccccc23)cc1. The van der Waals surface area contributed by atoms with Gasteiger partial charge in [0.1, 0.15) is 33.5 Å². The number of nitrogens with zero attached hydrogens (tertiary/aromatic N) is 6. The molecule has 127 heavy (non-hydrogen) atoms. The van der Waals surface area contributed by atoms with Crippen LogP contribution < -0.4 is 0 Å². The summed E-state index contributed by atoms with van der Waals surface area (Å²) < 4.78 is 18.5. The molecule has 6 heterocycles. The fraction of sp³-hybridized carbons (Fsp3) is 0. The molecule has 0 unspecified atom stereocenters. The zero-order valence-corrected chi connectivity index (χ0v) is 68.5. The number of rotatable bonds is 10. The van der Waals surface area contributed by atoms with Crippen LogP contribution >= 0.6 is 0 Å². The Labute approximate surface area is 729 Å². The van der Waals surface area contributed by atoms with Gasteiger partial charge in [-0.05, 0) is 191 Å². The molecular weight excluding hydrogens is 1550 g/mol. The lowest BCUT2D eigenvalue weighted by atomic mass is 9.92. The highest BCUT2D eigenvalue weighted by molar-refractivity contribution is 6.17. The smallest absolute Gasteiger partial charge is 0.161 e. The summed E-state index contributed by atoms with van der Waals surface area (Å²) in [6.45, 7) is 0. The van der Waals surface area contributed by atoms with E-state index < -0.39 is 0 Å². The van der Waals surface area contributed by atoms with Crippen molar-refractivity contribution in [1.82, 2.24) is 29.9 Å². The van der Waals surface area contributed by atoms with E-state index in [4.69, 9.17) is 43.2 Å². The van der Waals surface area contributed by atoms with Crippen LogP contribution in [0.15, 0.2) is 450 Å². The molecule has 0 saturated heterocycles. The summed E-state index contributed by atoms with van der Waals surface area (Å²) >= 11 is 0. The average Bonchev–Trinajstić information content (AvgIpc) is 1.72. The predicted molar refractivity (Wildman–Crippen MR) is 525 cm³/mol. The molecule has 0 N–H and O–H groups in total. The Hall–Kier alpha value is -17.1. The predicted octanol–water partition coefficient (Wildman–Crippen LogP) is 31.9. The second kappa shape index (κ2) is 31.1. The Bertz CT molecular complexity index is 8860. The Morgan fingerprint density at radius 2 is 0.433 bits per heavy atom. The molecule has 6 aromatic heterocycles. The van der Waals surface area contributed by atoms with E-state index in [0.717, 1.165) is 215 Å². The summed E-state index contributed by atoms with van der Waals surface area (Å²) in [7, 11) is 0. The second-order valence-electron chi connectivity index (χ2n) is 32.2. The summed E-state index contributed by atoms with van der Waals surface area (Å²) in [5.41, 5.74) is 26.5. The summed E-state index contributed by atoms with van der Waals surface area (Å²) in [5.74, 6) is 2.15. The maximum absolute atomic E-state index is 6.21. The molecule has 0 amide bonds. The number of furan rings is 3. The molecule has 0 aliphatic rings. The minimum absolute atomic E-state index is 0.708. The first-order chi connectivity index (χ1) is 62.9. The molecule has 0 aliphatic heterocycles. The van der Waals surface area contributed by atoms with Crippen molar-refractivity contribution < 1.29 is 13.3 Å². The molecule has 20 aromatic carbocycles. The van der Waals surface area contributed by atoms with Gasteiger partial charge in [0.25, 0.3) is 0 Å². The number of hydrogen-bond donors (Lipinski definition) is 0. The van der Waals surface area contributed by atoms with E-state index in [0.29, 0.717) is 5.82 Å². The molecule has 0 radical (unpaired) electrons. The number of benzene rings is 20. The highest BCUT2D eigenvalue weighted by Gasteiger charge is 2.22. The molecule has 26 aromatic rings. The third-order valence-electron chi connectivity index (χ3n) is 24.6. The Balaban J connectivity index is 0.000000107. The molecule has 0 spiro atoms. The van der Waals surface area contributed by atoms with E-state index in [-0.39, 0.29) is 0 Å². The molecule has 0 saturated carbocycles. The van der Waals surface area contributed by atoms with Gasteiger partial charge in [0.2, 0.25) is 0 Å². The standard InChI is InChI=1S/C42H26N2O.C40H24N2O.C36H22N2O/c1-2-11-27(12-3-1)28-13-8-16-31(23-28)41-35-19-4-6-21-38(35)43-42(44-41)32-17-9-14-29(24-32)33-20-10-15-30-25-40-37(26-36(30)33)34-18-5-7-22-39(34)45-40;1-2-11-25(12-3-1)39-32-17-6-8-19-36(32)41-40(42-39)35-22-28(21-26-13-4-5-15-29(26)35)30-18-10-14-27-23-38-34(24-33(27)30)31-16-7-9-20-37(31)43-38;1-2-10-23(11-3-1)35-29-16-4-6-18-32(29)37-36(38-35)26-14-8-12-24(20-26)27-17-9-13-25-21-34-31(22-30(25)27)28-15-5-7-19-33(28)39-34/h1-26H;1-24H;1-22H. The zero-order valence-electron chi connectivity index (χ0n) is 68.5. The molecule has 0 fully saturated rings. The average molecular weight is 1620 g/mol. The van der Waals surface area contributed by atoms with Crippen LogP contribution in [0.4, 0.5) is 0 Å². The van der Waals surface area contributed by atoms with Gasteiger partial charge in [0.15, 0.2) is 17.5 Å². The van der Waals surface area contributed by atoms with Gasteiger partial charge in [-0.3, -0.25) is 0 Å². The van der Waals surface area contributed by atoms with Gasteiger partial charge in [-0.1, -0.05) is 334 Å². The van der Waals surface area contributed by atoms with Gasteiger partial charge in [0, 0.05) is 81.9 Å². The summed E-state index contributed by atoms with van der Waals surface area (Å²) in [4.78, 5) is 30.7. The van der Waals surface area contributed by atoms with Gasteiger partial charge < -0.3 is 13.3 Å². The Kier molecular flexibility index (Phi) is 18.0. The fourth-order valence-electron chi connectivity index (χ4n) is 18.5. The highest BCUT2D eigenvalue weighted by atomic mass is 16.3. The molecule has 26 rings (SSSR count). The largest absolute Gasteiger partial charge is 0.456 e. The normalized spacial score (nSPS) is 11.6. The van der Waals surface area contributed by atoms with Crippen molar-refractivity contribution in [3.05, 3.63) is 437 Å². The lowest BCUT2D eigenvalue weighted by molar-refractivity contribution is 0.669. The molecular formula is C118H72N6O3. The summed E-state index contributed by atoms with van der Waals surface area (Å²) in [6.07, 6.45) is 0. The van der Waals surface area contributed by atoms with Crippen molar-refractivity contribution in [2.45, 2.75) is 0 Å². The van der Waals surface area contributed by atoms with Gasteiger partial charge in [-0.2, -0.15) is 0 Å². The van der Waals surface area contributed by atoms with E-state index in [2.05, 4.69) is 346 Å². The maximum atomic E-state index is 6.21. The van der Waals surface area contributed by atoms with Crippen LogP contribution in [0, 0.1) is 0 Å². The van der Waals surface area contributed by atoms with Gasteiger partial charge in [-0.15, -0.1) is 0 Å². The monoisotopic (exact) mass is 1620 g/mol. The first-order valence-corrected chi connectivity index (χ1v) is 42.7. The van der Waals surface area contributed by atoms with Gasteiger partial charge in [0.05, 0.1) is 33.6 Å². The van der Waals surface area contributed by atoms with Crippen LogP contribution in [0.1, 0.15) is 0 Å². The van der Waals surface area contributed by atoms with Crippen molar-refractivity contribution in [3.8, 4) is 112 Å². The van der Waals surface area contributed by atoms with Crippen molar-refractivity contribution >= 4 is 142 Å². The highest BCUT2D eigenvalue weighted by Crippen LogP contribution is 2.45. The molecule has 592 valence electrons. The van der Waals surface area contributed by atoms with E-state index in [9.17, 15) is 0 Å². The van der Waals surface area contributed by atoms with Crippen LogP contribution in [0.5, 0.6) is 0 Å². The quantitative estimate of drug-likeness (QED) is 0.132. The van der Waals surface area contributed by atoms with E-state index >= 15 is 0 Å². The zero-order chi connectivity index (χ0) is 83.8. The fourth-order valence-corrected chi connectivity index (χ4v) is 18.5. The van der Waals surface area contributed by atoms with E-state index in [1.54, 1.807) is 0 Å². The van der Waals surface area contributed by atoms with Crippen LogP contribution in [0.2, 0.25) is 0 Å². The first kappa shape index (κ1) is 73.8. The molecule has 0 atom stereocenters. The first-order valence-electron chi connectivity index (χ1n) is 42.7. The number of para-hydroxylation sites is 6. The Morgan fingerprint density at radius 3 is 0.882 bits per heavy atom. The van der Waals surface area contributed by atoms with Gasteiger partial charge in [-0.25, -0.2) is 29.9 Å².